The van der Waals surface area contributed by atoms with Gasteiger partial charge in [0.1, 0.15) is 6.61 Å². The fourth-order valence-corrected chi connectivity index (χ4v) is 2.86. The minimum Gasteiger partial charge on any atom is -0.462 e. The average molecular weight is 437 g/mol. The maximum atomic E-state index is 11.9. The fraction of sp³-hybridized carbons (Fsp3) is 0.692. The lowest BCUT2D eigenvalue weighted by atomic mass is 10.1. The molecule has 0 aliphatic rings. The zero-order chi connectivity index (χ0) is 23.0. The summed E-state index contributed by atoms with van der Waals surface area (Å²) < 4.78 is 10.3. The number of rotatable bonds is 20. The summed E-state index contributed by atoms with van der Waals surface area (Å²) in [5, 5.41) is 9.33. The van der Waals surface area contributed by atoms with Gasteiger partial charge in [-0.3, -0.25) is 9.59 Å². The van der Waals surface area contributed by atoms with Gasteiger partial charge in [-0.15, -0.1) is 0 Å². The number of carbonyl (C=O) groups is 2. The van der Waals surface area contributed by atoms with Gasteiger partial charge < -0.3 is 14.6 Å². The van der Waals surface area contributed by atoms with Crippen molar-refractivity contribution < 1.29 is 24.2 Å². The number of carbonyl (C=O) groups excluding carboxylic acids is 2. The van der Waals surface area contributed by atoms with Crippen LogP contribution in [0.3, 0.4) is 0 Å². The molecule has 0 saturated heterocycles. The first kappa shape index (κ1) is 29.1. The van der Waals surface area contributed by atoms with Crippen LogP contribution in [0.5, 0.6) is 0 Å². The zero-order valence-corrected chi connectivity index (χ0v) is 19.7. The molecule has 0 aromatic heterocycles. The van der Waals surface area contributed by atoms with Gasteiger partial charge in [-0.2, -0.15) is 0 Å². The molecule has 0 amide bonds. The molecule has 0 fully saturated rings. The van der Waals surface area contributed by atoms with Crippen LogP contribution >= 0.6 is 0 Å². The van der Waals surface area contributed by atoms with Crippen molar-refractivity contribution in [2.75, 3.05) is 13.2 Å². The van der Waals surface area contributed by atoms with Crippen LogP contribution in [-0.2, 0) is 19.1 Å². The normalized spacial score (nSPS) is 12.7. The SMILES string of the molecule is CC/C=C\C/C=C\C/C=C\CCCCCC(=O)OC(CO)COC(=O)CCCCCC. The van der Waals surface area contributed by atoms with E-state index >= 15 is 0 Å². The molecule has 5 heteroatoms. The molecule has 0 aromatic carbocycles. The summed E-state index contributed by atoms with van der Waals surface area (Å²) >= 11 is 0. The predicted molar refractivity (Wildman–Crippen MR) is 127 cm³/mol. The Labute approximate surface area is 189 Å². The summed E-state index contributed by atoms with van der Waals surface area (Å²) in [6.07, 6.45) is 23.8. The Morgan fingerprint density at radius 2 is 1.39 bits per heavy atom. The van der Waals surface area contributed by atoms with E-state index in [1.807, 2.05) is 0 Å². The molecule has 0 bridgehead atoms. The molecule has 0 saturated carbocycles. The van der Waals surface area contributed by atoms with Crippen molar-refractivity contribution in [3.05, 3.63) is 36.5 Å². The van der Waals surface area contributed by atoms with E-state index in [2.05, 4.69) is 50.3 Å². The van der Waals surface area contributed by atoms with Gasteiger partial charge in [-0.25, -0.2) is 0 Å². The fourth-order valence-electron chi connectivity index (χ4n) is 2.86. The molecule has 178 valence electrons. The minimum atomic E-state index is -0.777. The monoisotopic (exact) mass is 436 g/mol. The molecule has 0 aromatic rings. The van der Waals surface area contributed by atoms with Crippen LogP contribution in [0.25, 0.3) is 0 Å². The Morgan fingerprint density at radius 3 is 2.03 bits per heavy atom. The third kappa shape index (κ3) is 21.1. The van der Waals surface area contributed by atoms with E-state index in [0.29, 0.717) is 12.8 Å². The van der Waals surface area contributed by atoms with E-state index in [4.69, 9.17) is 9.47 Å². The highest BCUT2D eigenvalue weighted by Crippen LogP contribution is 2.08. The van der Waals surface area contributed by atoms with E-state index in [1.54, 1.807) is 0 Å². The zero-order valence-electron chi connectivity index (χ0n) is 19.7. The van der Waals surface area contributed by atoms with Crippen LogP contribution in [0.1, 0.15) is 97.3 Å². The third-order valence-electron chi connectivity index (χ3n) is 4.70. The van der Waals surface area contributed by atoms with Crippen molar-refractivity contribution in [3.8, 4) is 0 Å². The van der Waals surface area contributed by atoms with Crippen molar-refractivity contribution in [2.45, 2.75) is 103 Å². The summed E-state index contributed by atoms with van der Waals surface area (Å²) in [6.45, 7) is 3.82. The van der Waals surface area contributed by atoms with Crippen molar-refractivity contribution in [1.82, 2.24) is 0 Å². The molecule has 0 aliphatic heterocycles. The second-order valence-electron chi connectivity index (χ2n) is 7.68. The Balaban J connectivity index is 3.72. The van der Waals surface area contributed by atoms with E-state index in [0.717, 1.165) is 70.6 Å². The van der Waals surface area contributed by atoms with Gasteiger partial charge in [-0.05, 0) is 44.9 Å². The number of hydrogen-bond donors (Lipinski definition) is 1. The molecular weight excluding hydrogens is 392 g/mol. The summed E-state index contributed by atoms with van der Waals surface area (Å²) in [4.78, 5) is 23.6. The number of allylic oxidation sites excluding steroid dienone is 6. The summed E-state index contributed by atoms with van der Waals surface area (Å²) in [5.74, 6) is -0.654. The van der Waals surface area contributed by atoms with E-state index < -0.39 is 6.10 Å². The van der Waals surface area contributed by atoms with Gasteiger partial charge >= 0.3 is 11.9 Å². The van der Waals surface area contributed by atoms with Gasteiger partial charge in [0.25, 0.3) is 0 Å². The molecular formula is C26H44O5. The first-order chi connectivity index (χ1) is 15.1. The highest BCUT2D eigenvalue weighted by atomic mass is 16.6. The molecule has 31 heavy (non-hydrogen) atoms. The highest BCUT2D eigenvalue weighted by Gasteiger charge is 2.15. The van der Waals surface area contributed by atoms with Crippen LogP contribution in [0.4, 0.5) is 0 Å². The number of hydrogen-bond acceptors (Lipinski definition) is 5. The van der Waals surface area contributed by atoms with E-state index in [-0.39, 0.29) is 25.2 Å². The Hall–Kier alpha value is -1.88. The number of esters is 2. The first-order valence-electron chi connectivity index (χ1n) is 12.0. The summed E-state index contributed by atoms with van der Waals surface area (Å²) in [7, 11) is 0. The molecule has 1 unspecified atom stereocenters. The maximum absolute atomic E-state index is 11.9. The summed E-state index contributed by atoms with van der Waals surface area (Å²) in [6, 6.07) is 0. The van der Waals surface area contributed by atoms with E-state index in [1.165, 1.54) is 0 Å². The molecule has 0 spiro atoms. The molecule has 0 heterocycles. The number of unbranched alkanes of at least 4 members (excludes halogenated alkanes) is 6. The Morgan fingerprint density at radius 1 is 0.774 bits per heavy atom. The standard InChI is InChI=1S/C26H44O5/c1-3-5-7-9-10-11-12-13-14-15-16-17-19-21-26(29)31-24(22-27)23-30-25(28)20-18-8-6-4-2/h5,7,10-11,13-14,24,27H,3-4,6,8-9,12,15-23H2,1-2H3/b7-5-,11-10-,14-13-. The van der Waals surface area contributed by atoms with Gasteiger partial charge in [0.2, 0.25) is 0 Å². The largest absolute Gasteiger partial charge is 0.462 e. The number of ether oxygens (including phenoxy) is 2. The van der Waals surface area contributed by atoms with E-state index in [9.17, 15) is 14.7 Å². The lowest BCUT2D eigenvalue weighted by Gasteiger charge is -2.15. The molecule has 1 atom stereocenters. The lowest BCUT2D eigenvalue weighted by molar-refractivity contribution is -0.161. The second-order valence-corrected chi connectivity index (χ2v) is 7.68. The van der Waals surface area contributed by atoms with Crippen LogP contribution in [0, 0.1) is 0 Å². The maximum Gasteiger partial charge on any atom is 0.306 e. The summed E-state index contributed by atoms with van der Waals surface area (Å²) in [5.41, 5.74) is 0. The first-order valence-corrected chi connectivity index (χ1v) is 12.0. The quantitative estimate of drug-likeness (QED) is 0.139. The van der Waals surface area contributed by atoms with Crippen molar-refractivity contribution in [1.29, 1.82) is 0 Å². The number of aliphatic hydroxyl groups excluding tert-OH is 1. The Kier molecular flexibility index (Phi) is 21.4. The average Bonchev–Trinajstić information content (AvgIpc) is 2.77. The molecule has 0 rings (SSSR count). The topological polar surface area (TPSA) is 72.8 Å². The van der Waals surface area contributed by atoms with Gasteiger partial charge in [0.15, 0.2) is 6.10 Å². The molecule has 0 aliphatic carbocycles. The van der Waals surface area contributed by atoms with Gasteiger partial charge in [-0.1, -0.05) is 76.0 Å². The predicted octanol–water partition coefficient (Wildman–Crippen LogP) is 6.21. The van der Waals surface area contributed by atoms with Crippen LogP contribution < -0.4 is 0 Å². The minimum absolute atomic E-state index is 0.0804. The smallest absolute Gasteiger partial charge is 0.306 e. The van der Waals surface area contributed by atoms with Crippen LogP contribution in [0.2, 0.25) is 0 Å². The molecule has 1 N–H and O–H groups in total. The Bertz CT molecular complexity index is 522. The van der Waals surface area contributed by atoms with Gasteiger partial charge in [0, 0.05) is 12.8 Å². The van der Waals surface area contributed by atoms with Crippen molar-refractivity contribution in [2.24, 2.45) is 0 Å². The number of aliphatic hydroxyl groups is 1. The molecule has 0 radical (unpaired) electrons. The third-order valence-corrected chi connectivity index (χ3v) is 4.70. The van der Waals surface area contributed by atoms with Crippen molar-refractivity contribution in [3.63, 3.8) is 0 Å². The van der Waals surface area contributed by atoms with Crippen LogP contribution in [-0.4, -0.2) is 36.4 Å². The van der Waals surface area contributed by atoms with Gasteiger partial charge in [0.05, 0.1) is 6.61 Å². The lowest BCUT2D eigenvalue weighted by Crippen LogP contribution is -2.28. The van der Waals surface area contributed by atoms with Crippen LogP contribution in [0.15, 0.2) is 36.5 Å². The second kappa shape index (κ2) is 22.8. The molecule has 5 nitrogen and oxygen atoms in total. The van der Waals surface area contributed by atoms with Crippen molar-refractivity contribution >= 4 is 11.9 Å². The highest BCUT2D eigenvalue weighted by molar-refractivity contribution is 5.70.